The van der Waals surface area contributed by atoms with Crippen molar-refractivity contribution in [2.75, 3.05) is 44.2 Å². The number of fused-ring (bicyclic) bond motifs is 1. The molecule has 2 aliphatic heterocycles. The van der Waals surface area contributed by atoms with Gasteiger partial charge in [-0.2, -0.15) is 0 Å². The fourth-order valence-corrected chi connectivity index (χ4v) is 5.05. The van der Waals surface area contributed by atoms with E-state index in [9.17, 15) is 9.18 Å². The summed E-state index contributed by atoms with van der Waals surface area (Å²) in [5.74, 6) is -0.0213. The van der Waals surface area contributed by atoms with Crippen LogP contribution in [0, 0.1) is 11.7 Å². The lowest BCUT2D eigenvalue weighted by atomic mass is 9.99. The van der Waals surface area contributed by atoms with Gasteiger partial charge in [0.15, 0.2) is 5.13 Å². The highest BCUT2D eigenvalue weighted by atomic mass is 32.1. The van der Waals surface area contributed by atoms with Gasteiger partial charge in [-0.05, 0) is 17.7 Å². The molecule has 150 valence electrons. The minimum Gasteiger partial charge on any atom is -0.346 e. The maximum atomic E-state index is 13.9. The van der Waals surface area contributed by atoms with Crippen LogP contribution in [0.2, 0.25) is 0 Å². The van der Waals surface area contributed by atoms with E-state index in [-0.39, 0.29) is 17.6 Å². The average molecular weight is 411 g/mol. The van der Waals surface area contributed by atoms with Gasteiger partial charge >= 0.3 is 0 Å². The standard InChI is InChI=1S/C22H23FN4OS/c23-18-7-4-8-19-20(18)24-22(29-19)27-14-17(15-27)21(28)26-11-9-25(10-12-26)13-16-5-2-1-3-6-16/h1-8,17H,9-15H2. The molecule has 3 heterocycles. The average Bonchev–Trinajstić information content (AvgIpc) is 3.13. The van der Waals surface area contributed by atoms with Gasteiger partial charge in [-0.1, -0.05) is 47.7 Å². The minimum absolute atomic E-state index is 0.0209. The number of carbonyl (C=O) groups is 1. The number of hydrogen-bond donors (Lipinski definition) is 0. The second-order valence-corrected chi connectivity index (χ2v) is 8.78. The van der Waals surface area contributed by atoms with E-state index in [4.69, 9.17) is 0 Å². The number of nitrogens with zero attached hydrogens (tertiary/aromatic N) is 4. The molecule has 7 heteroatoms. The molecule has 0 aliphatic carbocycles. The molecule has 5 nitrogen and oxygen atoms in total. The second-order valence-electron chi connectivity index (χ2n) is 7.77. The molecule has 1 amide bonds. The molecule has 2 aromatic carbocycles. The lowest BCUT2D eigenvalue weighted by molar-refractivity contribution is -0.138. The topological polar surface area (TPSA) is 39.7 Å². The van der Waals surface area contributed by atoms with Crippen LogP contribution in [0.1, 0.15) is 5.56 Å². The van der Waals surface area contributed by atoms with Crippen molar-refractivity contribution < 1.29 is 9.18 Å². The number of piperazine rings is 1. The Bertz CT molecular complexity index is 1010. The molecule has 1 aromatic heterocycles. The van der Waals surface area contributed by atoms with E-state index in [0.29, 0.717) is 18.6 Å². The van der Waals surface area contributed by atoms with Crippen LogP contribution in [-0.4, -0.2) is 60.0 Å². The lowest BCUT2D eigenvalue weighted by Gasteiger charge is -2.42. The molecule has 0 bridgehead atoms. The van der Waals surface area contributed by atoms with Crippen LogP contribution < -0.4 is 4.90 Å². The fourth-order valence-electron chi connectivity index (χ4n) is 4.06. The summed E-state index contributed by atoms with van der Waals surface area (Å²) < 4.78 is 14.7. The maximum absolute atomic E-state index is 13.9. The Balaban J connectivity index is 1.13. The molecular weight excluding hydrogens is 387 g/mol. The molecule has 2 aliphatic rings. The molecule has 0 saturated carbocycles. The zero-order valence-electron chi connectivity index (χ0n) is 16.1. The van der Waals surface area contributed by atoms with E-state index in [1.807, 2.05) is 17.0 Å². The van der Waals surface area contributed by atoms with E-state index < -0.39 is 0 Å². The van der Waals surface area contributed by atoms with Gasteiger partial charge in [0, 0.05) is 45.8 Å². The van der Waals surface area contributed by atoms with Crippen LogP contribution in [0.5, 0.6) is 0 Å². The largest absolute Gasteiger partial charge is 0.346 e. The van der Waals surface area contributed by atoms with E-state index in [1.54, 1.807) is 6.07 Å². The van der Waals surface area contributed by atoms with Gasteiger partial charge < -0.3 is 9.80 Å². The van der Waals surface area contributed by atoms with E-state index in [2.05, 4.69) is 39.0 Å². The number of aromatic nitrogens is 1. The molecule has 0 atom stereocenters. The number of benzene rings is 2. The number of anilines is 1. The first-order valence-corrected chi connectivity index (χ1v) is 10.8. The van der Waals surface area contributed by atoms with Crippen LogP contribution in [0.3, 0.4) is 0 Å². The van der Waals surface area contributed by atoms with E-state index >= 15 is 0 Å². The summed E-state index contributed by atoms with van der Waals surface area (Å²) in [6.07, 6.45) is 0. The Morgan fingerprint density at radius 1 is 1.03 bits per heavy atom. The molecule has 2 saturated heterocycles. The van der Waals surface area contributed by atoms with Gasteiger partial charge in [-0.25, -0.2) is 9.37 Å². The number of halogens is 1. The van der Waals surface area contributed by atoms with E-state index in [0.717, 1.165) is 42.6 Å². The van der Waals surface area contributed by atoms with Crippen molar-refractivity contribution in [3.05, 3.63) is 59.9 Å². The first-order chi connectivity index (χ1) is 14.2. The first kappa shape index (κ1) is 18.5. The Hall–Kier alpha value is -2.51. The summed E-state index contributed by atoms with van der Waals surface area (Å²) in [7, 11) is 0. The molecule has 3 aromatic rings. The lowest BCUT2D eigenvalue weighted by Crippen LogP contribution is -2.57. The summed E-state index contributed by atoms with van der Waals surface area (Å²) in [6, 6.07) is 15.5. The molecule has 0 radical (unpaired) electrons. The number of hydrogen-bond acceptors (Lipinski definition) is 5. The van der Waals surface area contributed by atoms with Gasteiger partial charge in [-0.3, -0.25) is 9.69 Å². The first-order valence-electron chi connectivity index (χ1n) is 10.0. The summed E-state index contributed by atoms with van der Waals surface area (Å²) in [5, 5.41) is 0.807. The van der Waals surface area contributed by atoms with Gasteiger partial charge in [0.25, 0.3) is 0 Å². The quantitative estimate of drug-likeness (QED) is 0.662. The van der Waals surface area contributed by atoms with Crippen molar-refractivity contribution in [2.24, 2.45) is 5.92 Å². The van der Waals surface area contributed by atoms with Crippen molar-refractivity contribution in [2.45, 2.75) is 6.54 Å². The normalized spacial score (nSPS) is 18.2. The second kappa shape index (κ2) is 7.72. The molecule has 0 unspecified atom stereocenters. The van der Waals surface area contributed by atoms with Crippen molar-refractivity contribution >= 4 is 32.6 Å². The van der Waals surface area contributed by atoms with Gasteiger partial charge in [0.05, 0.1) is 10.6 Å². The van der Waals surface area contributed by atoms with Crippen molar-refractivity contribution in [3.8, 4) is 0 Å². The molecular formula is C22H23FN4OS. The van der Waals surface area contributed by atoms with Crippen molar-refractivity contribution in [1.82, 2.24) is 14.8 Å². The summed E-state index contributed by atoms with van der Waals surface area (Å²) in [4.78, 5) is 23.8. The predicted octanol–water partition coefficient (Wildman–Crippen LogP) is 3.22. The van der Waals surface area contributed by atoms with Gasteiger partial charge in [0.2, 0.25) is 5.91 Å². The van der Waals surface area contributed by atoms with Crippen LogP contribution in [-0.2, 0) is 11.3 Å². The highest BCUT2D eigenvalue weighted by Gasteiger charge is 2.37. The molecule has 0 N–H and O–H groups in total. The summed E-state index contributed by atoms with van der Waals surface area (Å²) in [6.45, 7) is 5.68. The number of carbonyl (C=O) groups excluding carboxylic acids is 1. The van der Waals surface area contributed by atoms with Crippen molar-refractivity contribution in [1.29, 1.82) is 0 Å². The maximum Gasteiger partial charge on any atom is 0.229 e. The van der Waals surface area contributed by atoms with Crippen LogP contribution >= 0.6 is 11.3 Å². The number of rotatable bonds is 4. The highest BCUT2D eigenvalue weighted by Crippen LogP contribution is 2.34. The predicted molar refractivity (Wildman–Crippen MR) is 114 cm³/mol. The molecule has 29 heavy (non-hydrogen) atoms. The zero-order valence-corrected chi connectivity index (χ0v) is 16.9. The Kier molecular flexibility index (Phi) is 4.93. The zero-order chi connectivity index (χ0) is 19.8. The third kappa shape index (κ3) is 3.72. The Morgan fingerprint density at radius 2 is 1.79 bits per heavy atom. The van der Waals surface area contributed by atoms with Crippen LogP contribution in [0.4, 0.5) is 9.52 Å². The highest BCUT2D eigenvalue weighted by molar-refractivity contribution is 7.22. The summed E-state index contributed by atoms with van der Waals surface area (Å²) >= 11 is 1.49. The minimum atomic E-state index is -0.286. The molecule has 0 spiro atoms. The van der Waals surface area contributed by atoms with Gasteiger partial charge in [-0.15, -0.1) is 0 Å². The number of amides is 1. The van der Waals surface area contributed by atoms with Gasteiger partial charge in [0.1, 0.15) is 11.3 Å². The van der Waals surface area contributed by atoms with Crippen LogP contribution in [0.15, 0.2) is 48.5 Å². The Morgan fingerprint density at radius 3 is 2.52 bits per heavy atom. The monoisotopic (exact) mass is 410 g/mol. The Labute approximate surface area is 173 Å². The molecule has 2 fully saturated rings. The smallest absolute Gasteiger partial charge is 0.229 e. The summed E-state index contributed by atoms with van der Waals surface area (Å²) in [5.41, 5.74) is 1.74. The third-order valence-electron chi connectivity index (χ3n) is 5.79. The number of para-hydroxylation sites is 1. The third-order valence-corrected chi connectivity index (χ3v) is 6.87. The number of thiazole rings is 1. The molecule has 5 rings (SSSR count). The van der Waals surface area contributed by atoms with Crippen molar-refractivity contribution in [3.63, 3.8) is 0 Å². The van der Waals surface area contributed by atoms with E-state index in [1.165, 1.54) is 23.0 Å². The SMILES string of the molecule is O=C(C1CN(c2nc3c(F)cccc3s2)C1)N1CCN(Cc2ccccc2)CC1. The fraction of sp³-hybridized carbons (Fsp3) is 0.364. The van der Waals surface area contributed by atoms with Crippen LogP contribution in [0.25, 0.3) is 10.2 Å².